The summed E-state index contributed by atoms with van der Waals surface area (Å²) < 4.78 is 58.9. The van der Waals surface area contributed by atoms with Crippen molar-refractivity contribution in [1.82, 2.24) is 0 Å². The Labute approximate surface area is 556 Å². The van der Waals surface area contributed by atoms with Gasteiger partial charge in [-0.1, -0.05) is 191 Å². The molecule has 0 saturated heterocycles. The van der Waals surface area contributed by atoms with Crippen LogP contribution in [0.1, 0.15) is 86.8 Å². The Balaban J connectivity index is 1.09. The molecule has 0 aliphatic carbocycles. The van der Waals surface area contributed by atoms with Crippen LogP contribution in [0, 0.1) is 45.3 Å². The third-order valence-electron chi connectivity index (χ3n) is 15.9. The largest absolute Gasteiger partial charge is 0.489 e. The van der Waals surface area contributed by atoms with Crippen LogP contribution >= 0.6 is 0 Å². The summed E-state index contributed by atoms with van der Waals surface area (Å²) in [6.07, 6.45) is 0.475. The fourth-order valence-corrected chi connectivity index (χ4v) is 15.9. The minimum atomic E-state index is -3.09. The number of esters is 1. The van der Waals surface area contributed by atoms with Gasteiger partial charge in [0.05, 0.1) is 12.2 Å². The Morgan fingerprint density at radius 2 is 0.653 bits per heavy atom. The summed E-state index contributed by atoms with van der Waals surface area (Å²) in [5, 5.41) is 41.7. The second-order valence-electron chi connectivity index (χ2n) is 23.3. The van der Waals surface area contributed by atoms with E-state index in [0.717, 1.165) is 27.1 Å². The van der Waals surface area contributed by atoms with Crippen molar-refractivity contribution in [2.24, 2.45) is 0 Å². The molecule has 10 aromatic rings. The van der Waals surface area contributed by atoms with Crippen LogP contribution in [0.3, 0.4) is 0 Å². The van der Waals surface area contributed by atoms with Crippen molar-refractivity contribution in [3.63, 3.8) is 0 Å². The smallest absolute Gasteiger partial charge is 0.343 e. The van der Waals surface area contributed by atoms with Crippen molar-refractivity contribution in [2.75, 3.05) is 26.4 Å². The van der Waals surface area contributed by atoms with Crippen LogP contribution in [-0.2, 0) is 50.1 Å². The van der Waals surface area contributed by atoms with Gasteiger partial charge in [0.15, 0.2) is 26.4 Å². The Morgan fingerprint density at radius 3 is 1.01 bits per heavy atom. The quantitative estimate of drug-likeness (QED) is 0.0234. The number of ether oxygens (including phenoxy) is 8. The van der Waals surface area contributed by atoms with E-state index in [4.69, 9.17) is 42.3 Å². The lowest BCUT2D eigenvalue weighted by atomic mass is 9.94. The van der Waals surface area contributed by atoms with E-state index in [2.05, 4.69) is 63.2 Å². The lowest BCUT2D eigenvalue weighted by Crippen LogP contribution is -2.66. The van der Waals surface area contributed by atoms with Gasteiger partial charge in [-0.2, -0.15) is 21.0 Å². The summed E-state index contributed by atoms with van der Waals surface area (Å²) in [6.45, 7) is 6.29. The highest BCUT2D eigenvalue weighted by molar-refractivity contribution is 6.99. The van der Waals surface area contributed by atoms with Crippen molar-refractivity contribution in [1.29, 1.82) is 21.0 Å². The second-order valence-corrected chi connectivity index (χ2v) is 27.6. The van der Waals surface area contributed by atoms with Crippen LogP contribution in [0.25, 0.3) is 0 Å². The minimum absolute atomic E-state index is 0.121. The van der Waals surface area contributed by atoms with E-state index in [0.29, 0.717) is 84.8 Å². The van der Waals surface area contributed by atoms with Crippen LogP contribution in [-0.4, -0.2) is 40.7 Å². The van der Waals surface area contributed by atoms with Crippen molar-refractivity contribution in [2.45, 2.75) is 71.5 Å². The number of hydrogen-bond donors (Lipinski definition) is 0. The van der Waals surface area contributed by atoms with Crippen molar-refractivity contribution in [3.8, 4) is 70.3 Å². The Morgan fingerprint density at radius 1 is 0.347 bits per heavy atom. The van der Waals surface area contributed by atoms with E-state index in [1.807, 2.05) is 176 Å². The van der Waals surface area contributed by atoms with Gasteiger partial charge in [-0.25, -0.2) is 4.79 Å². The normalized spacial score (nSPS) is 11.0. The number of nitrogens with zero attached hydrogens (tertiary/aromatic N) is 4. The zero-order valence-corrected chi connectivity index (χ0v) is 54.2. The lowest BCUT2D eigenvalue weighted by Gasteiger charge is -2.43. The molecule has 0 spiro atoms. The fraction of sp³-hybridized carbons (Fsp3) is 0.188. The maximum absolute atomic E-state index is 13.3. The van der Waals surface area contributed by atoms with Gasteiger partial charge in [-0.05, 0) is 98.8 Å². The van der Waals surface area contributed by atoms with Gasteiger partial charge in [-0.15, -0.1) is 0 Å². The monoisotopic (exact) mass is 1270 g/mol. The summed E-state index contributed by atoms with van der Waals surface area (Å²) >= 11 is 0. The maximum Gasteiger partial charge on any atom is 0.343 e. The molecule has 15 heteroatoms. The molecule has 0 aliphatic rings. The van der Waals surface area contributed by atoms with Crippen molar-refractivity contribution in [3.05, 3.63) is 298 Å². The molecule has 0 radical (unpaired) electrons. The Bertz CT molecular complexity index is 4340. The van der Waals surface area contributed by atoms with Gasteiger partial charge >= 0.3 is 5.97 Å². The SMILES string of the molecule is CC(C)(C)[Si](OCc1cc(OCc2ccccc2)c(Cc2cc(OCc3ccccc3)c(Cc3cc(OCc4ccccc4)c(Cc4cc(OC(=O)c5ccccc5)ccc4OCC#N)cc3OCC#N)cc2OCC#N)cc1OCC#N)(c1ccccc1)c1ccccc1. The molecule has 474 valence electrons. The molecule has 0 atom stereocenters. The summed E-state index contributed by atoms with van der Waals surface area (Å²) in [5.74, 6) is 2.75. The molecule has 0 heterocycles. The summed E-state index contributed by atoms with van der Waals surface area (Å²) in [4.78, 5) is 13.3. The van der Waals surface area contributed by atoms with Gasteiger partial charge in [0.2, 0.25) is 0 Å². The summed E-state index contributed by atoms with van der Waals surface area (Å²) in [7, 11) is -3.09. The van der Waals surface area contributed by atoms with Crippen LogP contribution in [0.2, 0.25) is 5.04 Å². The first-order chi connectivity index (χ1) is 46.4. The number of hydrogen-bond acceptors (Lipinski definition) is 14. The zero-order chi connectivity index (χ0) is 66.2. The topological polar surface area (TPSA) is 195 Å². The third-order valence-corrected chi connectivity index (χ3v) is 20.8. The highest BCUT2D eigenvalue weighted by Crippen LogP contribution is 2.43. The minimum Gasteiger partial charge on any atom is -0.489 e. The molecule has 0 N–H and O–H groups in total. The molecular formula is C80H70N4O10Si. The molecule has 0 amide bonds. The Hall–Kier alpha value is -11.6. The first-order valence-corrected chi connectivity index (χ1v) is 33.0. The number of carbonyl (C=O) groups excluding carboxylic acids is 1. The maximum atomic E-state index is 13.3. The van der Waals surface area contributed by atoms with E-state index in [1.54, 1.807) is 42.5 Å². The van der Waals surface area contributed by atoms with Crippen molar-refractivity contribution < 1.29 is 47.1 Å². The van der Waals surface area contributed by atoms with Gasteiger partial charge in [0.1, 0.15) is 90.1 Å². The standard InChI is InChI=1S/C80H70N4O10Si/c1-80(2,3)95(70-30-18-8-19-31-70,71-32-20-9-21-33-71)93-57-68-53-77(92-56-60-26-14-6-15-27-60)67(52-78(68)89-43-39-84)46-64-51-76(91-55-59-24-12-5-13-25-59)66(49-74(64)88-42-38-83)45-63-50-75(90-54-58-22-10-4-11-23-58)65(48-73(63)87-41-37-82)44-62-47-69(34-35-72(62)86-40-36-81)94-79(85)61-28-16-7-17-29-61/h4-35,47-53H,40-46,54-57H2,1-3H3. The van der Waals surface area contributed by atoms with E-state index in [1.165, 1.54) is 0 Å². The number of benzene rings is 10. The summed E-state index contributed by atoms with van der Waals surface area (Å²) in [5.41, 5.74) is 7.61. The molecular weight excluding hydrogens is 1200 g/mol. The molecule has 14 nitrogen and oxygen atoms in total. The van der Waals surface area contributed by atoms with E-state index >= 15 is 0 Å². The molecule has 10 aromatic carbocycles. The molecule has 0 aliphatic heterocycles. The molecule has 0 saturated carbocycles. The highest BCUT2D eigenvalue weighted by atomic mass is 28.4. The Kier molecular flexibility index (Phi) is 22.8. The van der Waals surface area contributed by atoms with Crippen LogP contribution < -0.4 is 48.3 Å². The van der Waals surface area contributed by atoms with Gasteiger partial charge < -0.3 is 42.3 Å². The van der Waals surface area contributed by atoms with E-state index in [9.17, 15) is 25.8 Å². The molecule has 0 unspecified atom stereocenters. The average Bonchev–Trinajstić information content (AvgIpc) is 0.752. The zero-order valence-electron chi connectivity index (χ0n) is 53.2. The third kappa shape index (κ3) is 17.3. The lowest BCUT2D eigenvalue weighted by molar-refractivity contribution is 0.0734. The van der Waals surface area contributed by atoms with Gasteiger partial charge in [-0.3, -0.25) is 0 Å². The van der Waals surface area contributed by atoms with Gasteiger partial charge in [0.25, 0.3) is 8.32 Å². The van der Waals surface area contributed by atoms with E-state index in [-0.39, 0.29) is 82.9 Å². The average molecular weight is 1280 g/mol. The predicted molar refractivity (Wildman–Crippen MR) is 365 cm³/mol. The highest BCUT2D eigenvalue weighted by Gasteiger charge is 2.50. The number of nitriles is 4. The molecule has 0 aromatic heterocycles. The van der Waals surface area contributed by atoms with Crippen LogP contribution in [0.5, 0.6) is 46.0 Å². The molecule has 0 fully saturated rings. The second kappa shape index (κ2) is 32.6. The van der Waals surface area contributed by atoms with Crippen LogP contribution in [0.15, 0.2) is 237 Å². The first kappa shape index (κ1) is 66.3. The summed E-state index contributed by atoms with van der Waals surface area (Å²) in [6, 6.07) is 83.6. The van der Waals surface area contributed by atoms with E-state index < -0.39 is 14.3 Å². The van der Waals surface area contributed by atoms with Crippen molar-refractivity contribution >= 4 is 24.7 Å². The molecule has 10 rings (SSSR count). The van der Waals surface area contributed by atoms with Crippen LogP contribution in [0.4, 0.5) is 0 Å². The first-order valence-electron chi connectivity index (χ1n) is 31.1. The number of carbonyl (C=O) groups is 1. The molecule has 0 bridgehead atoms. The molecule has 95 heavy (non-hydrogen) atoms. The van der Waals surface area contributed by atoms with Gasteiger partial charge in [0, 0.05) is 58.2 Å². The predicted octanol–water partition coefficient (Wildman–Crippen LogP) is 15.1. The number of rotatable bonds is 30. The fourth-order valence-electron chi connectivity index (χ4n) is 11.4.